The van der Waals surface area contributed by atoms with E-state index in [1.807, 2.05) is 17.0 Å². The van der Waals surface area contributed by atoms with Gasteiger partial charge < -0.3 is 10.2 Å². The number of piperidine rings is 1. The molecule has 1 aromatic carbocycles. The van der Waals surface area contributed by atoms with E-state index in [9.17, 15) is 4.79 Å². The number of anilines is 1. The monoisotopic (exact) mass is 378 g/mol. The van der Waals surface area contributed by atoms with Crippen LogP contribution in [-0.4, -0.2) is 24.0 Å². The van der Waals surface area contributed by atoms with Gasteiger partial charge in [0.1, 0.15) is 0 Å². The Kier molecular flexibility index (Phi) is 4.72. The number of carbonyl (C=O) groups excluding carboxylic acids is 1. The van der Waals surface area contributed by atoms with Crippen LogP contribution in [0.5, 0.6) is 0 Å². The van der Waals surface area contributed by atoms with Crippen LogP contribution in [0, 0.1) is 9.49 Å². The highest BCUT2D eigenvalue weighted by Gasteiger charge is 2.21. The molecule has 1 N–H and O–H groups in total. The summed E-state index contributed by atoms with van der Waals surface area (Å²) in [6.07, 6.45) is 2.30. The van der Waals surface area contributed by atoms with Crippen LogP contribution in [0.1, 0.15) is 19.8 Å². The van der Waals surface area contributed by atoms with Crippen LogP contribution in [0.15, 0.2) is 18.2 Å². The number of urea groups is 1. The van der Waals surface area contributed by atoms with E-state index in [0.717, 1.165) is 28.8 Å². The highest BCUT2D eigenvalue weighted by molar-refractivity contribution is 14.1. The number of carbonyl (C=O) groups is 1. The molecule has 5 heteroatoms. The van der Waals surface area contributed by atoms with Gasteiger partial charge in [0.25, 0.3) is 0 Å². The molecule has 0 aromatic heterocycles. The van der Waals surface area contributed by atoms with E-state index in [-0.39, 0.29) is 6.03 Å². The van der Waals surface area contributed by atoms with Crippen molar-refractivity contribution in [3.63, 3.8) is 0 Å². The lowest BCUT2D eigenvalue weighted by Gasteiger charge is -2.31. The predicted octanol–water partition coefficient (Wildman–Crippen LogP) is 4.21. The Labute approximate surface area is 126 Å². The number of halogens is 2. The number of likely N-dealkylation sites (tertiary alicyclic amines) is 1. The van der Waals surface area contributed by atoms with Gasteiger partial charge in [-0.05, 0) is 59.5 Å². The molecule has 1 atom stereocenters. The topological polar surface area (TPSA) is 32.3 Å². The van der Waals surface area contributed by atoms with Crippen LogP contribution in [0.25, 0.3) is 0 Å². The van der Waals surface area contributed by atoms with Crippen molar-refractivity contribution in [2.24, 2.45) is 5.92 Å². The third-order valence-corrected chi connectivity index (χ3v) is 4.24. The lowest BCUT2D eigenvalue weighted by Crippen LogP contribution is -2.41. The van der Waals surface area contributed by atoms with Crippen LogP contribution in [-0.2, 0) is 0 Å². The predicted molar refractivity (Wildman–Crippen MR) is 83.2 cm³/mol. The van der Waals surface area contributed by atoms with Crippen molar-refractivity contribution in [3.05, 3.63) is 26.8 Å². The Morgan fingerprint density at radius 3 is 3.00 bits per heavy atom. The van der Waals surface area contributed by atoms with Crippen LogP contribution in [0.3, 0.4) is 0 Å². The van der Waals surface area contributed by atoms with Gasteiger partial charge in [-0.25, -0.2) is 4.79 Å². The van der Waals surface area contributed by atoms with Gasteiger partial charge in [-0.1, -0.05) is 18.5 Å². The molecule has 0 saturated carbocycles. The van der Waals surface area contributed by atoms with Crippen molar-refractivity contribution < 1.29 is 4.79 Å². The Morgan fingerprint density at radius 1 is 1.56 bits per heavy atom. The van der Waals surface area contributed by atoms with Crippen molar-refractivity contribution >= 4 is 45.9 Å². The number of rotatable bonds is 1. The van der Waals surface area contributed by atoms with Crippen LogP contribution in [0.2, 0.25) is 5.02 Å². The Bertz CT molecular complexity index is 453. The van der Waals surface area contributed by atoms with Crippen LogP contribution in [0.4, 0.5) is 10.5 Å². The van der Waals surface area contributed by atoms with Gasteiger partial charge in [0.15, 0.2) is 0 Å². The first-order chi connectivity index (χ1) is 8.56. The highest BCUT2D eigenvalue weighted by atomic mass is 127. The highest BCUT2D eigenvalue weighted by Crippen LogP contribution is 2.23. The van der Waals surface area contributed by atoms with Gasteiger partial charge >= 0.3 is 6.03 Å². The summed E-state index contributed by atoms with van der Waals surface area (Å²) in [5, 5.41) is 3.63. The van der Waals surface area contributed by atoms with E-state index < -0.39 is 0 Å². The summed E-state index contributed by atoms with van der Waals surface area (Å²) in [5.41, 5.74) is 0.822. The fourth-order valence-electron chi connectivity index (χ4n) is 2.16. The average Bonchev–Trinajstić information content (AvgIpc) is 2.32. The van der Waals surface area contributed by atoms with Crippen molar-refractivity contribution in [1.82, 2.24) is 4.90 Å². The number of nitrogens with zero attached hydrogens (tertiary/aromatic N) is 1. The Balaban J connectivity index is 2.02. The fraction of sp³-hybridized carbons (Fsp3) is 0.462. The molecule has 0 aliphatic carbocycles. The maximum Gasteiger partial charge on any atom is 0.321 e. The molecule has 18 heavy (non-hydrogen) atoms. The molecular formula is C13H16ClIN2O. The van der Waals surface area contributed by atoms with Crippen molar-refractivity contribution in [2.45, 2.75) is 19.8 Å². The summed E-state index contributed by atoms with van der Waals surface area (Å²) in [6, 6.07) is 5.46. The first kappa shape index (κ1) is 13.9. The first-order valence-electron chi connectivity index (χ1n) is 6.07. The maximum absolute atomic E-state index is 12.1. The largest absolute Gasteiger partial charge is 0.324 e. The Hall–Kier alpha value is -0.490. The molecule has 98 valence electrons. The minimum Gasteiger partial charge on any atom is -0.324 e. The van der Waals surface area contributed by atoms with Crippen LogP contribution < -0.4 is 5.32 Å². The van der Waals surface area contributed by atoms with Gasteiger partial charge in [-0.2, -0.15) is 0 Å². The second kappa shape index (κ2) is 6.10. The molecule has 0 bridgehead atoms. The third-order valence-electron chi connectivity index (χ3n) is 3.12. The average molecular weight is 379 g/mol. The zero-order valence-electron chi connectivity index (χ0n) is 10.2. The van der Waals surface area contributed by atoms with E-state index in [1.54, 1.807) is 6.07 Å². The SMILES string of the molecule is CC1CCCN(C(=O)Nc2ccc(Cl)cc2I)C1. The second-order valence-electron chi connectivity index (χ2n) is 4.75. The first-order valence-corrected chi connectivity index (χ1v) is 7.53. The number of amides is 2. The second-order valence-corrected chi connectivity index (χ2v) is 6.35. The lowest BCUT2D eigenvalue weighted by molar-refractivity contribution is 0.182. The van der Waals surface area contributed by atoms with Crippen LogP contribution >= 0.6 is 34.2 Å². The van der Waals surface area contributed by atoms with Gasteiger partial charge in [-0.15, -0.1) is 0 Å². The summed E-state index contributed by atoms with van der Waals surface area (Å²) in [6.45, 7) is 3.88. The summed E-state index contributed by atoms with van der Waals surface area (Å²) in [4.78, 5) is 14.0. The summed E-state index contributed by atoms with van der Waals surface area (Å²) < 4.78 is 0.957. The normalized spacial score (nSPS) is 19.7. The van der Waals surface area contributed by atoms with E-state index in [2.05, 4.69) is 34.8 Å². The molecule has 1 fully saturated rings. The molecule has 0 spiro atoms. The van der Waals surface area contributed by atoms with Crippen molar-refractivity contribution in [2.75, 3.05) is 18.4 Å². The number of hydrogen-bond acceptors (Lipinski definition) is 1. The van der Waals surface area contributed by atoms with Gasteiger partial charge in [0.05, 0.1) is 5.69 Å². The molecule has 2 rings (SSSR count). The quantitative estimate of drug-likeness (QED) is 0.730. The third kappa shape index (κ3) is 3.51. The van der Waals surface area contributed by atoms with Crippen molar-refractivity contribution in [1.29, 1.82) is 0 Å². The molecule has 1 aromatic rings. The van der Waals surface area contributed by atoms with Gasteiger partial charge in [0.2, 0.25) is 0 Å². The standard InChI is InChI=1S/C13H16ClIN2O/c1-9-3-2-6-17(8-9)13(18)16-12-5-4-10(14)7-11(12)15/h4-5,7,9H,2-3,6,8H2,1H3,(H,16,18). The van der Waals surface area contributed by atoms with E-state index in [0.29, 0.717) is 10.9 Å². The van der Waals surface area contributed by atoms with E-state index >= 15 is 0 Å². The van der Waals surface area contributed by atoms with E-state index in [4.69, 9.17) is 11.6 Å². The molecule has 1 aliphatic rings. The Morgan fingerprint density at radius 2 is 2.33 bits per heavy atom. The summed E-state index contributed by atoms with van der Waals surface area (Å²) in [5.74, 6) is 0.591. The smallest absolute Gasteiger partial charge is 0.321 e. The van der Waals surface area contributed by atoms with Gasteiger partial charge in [0, 0.05) is 21.7 Å². The molecule has 1 aliphatic heterocycles. The molecule has 0 radical (unpaired) electrons. The molecule has 1 saturated heterocycles. The summed E-state index contributed by atoms with van der Waals surface area (Å²) in [7, 11) is 0. The van der Waals surface area contributed by atoms with E-state index in [1.165, 1.54) is 6.42 Å². The van der Waals surface area contributed by atoms with Gasteiger partial charge in [-0.3, -0.25) is 0 Å². The maximum atomic E-state index is 12.1. The fourth-order valence-corrected chi connectivity index (χ4v) is 3.17. The zero-order chi connectivity index (χ0) is 13.1. The number of benzene rings is 1. The molecular weight excluding hydrogens is 363 g/mol. The number of hydrogen-bond donors (Lipinski definition) is 1. The molecule has 2 amide bonds. The minimum atomic E-state index is -0.0122. The molecule has 1 heterocycles. The molecule has 1 unspecified atom stereocenters. The van der Waals surface area contributed by atoms with Crippen molar-refractivity contribution in [3.8, 4) is 0 Å². The minimum absolute atomic E-state index is 0.0122. The summed E-state index contributed by atoms with van der Waals surface area (Å²) >= 11 is 8.07. The number of nitrogens with one attached hydrogen (secondary N) is 1. The lowest BCUT2D eigenvalue weighted by atomic mass is 10.0. The molecule has 3 nitrogen and oxygen atoms in total. The zero-order valence-corrected chi connectivity index (χ0v) is 13.2.